The molecule has 0 atom stereocenters. The van der Waals surface area contributed by atoms with Crippen LogP contribution in [0.3, 0.4) is 0 Å². The minimum atomic E-state index is -0.657. The summed E-state index contributed by atoms with van der Waals surface area (Å²) in [6.07, 6.45) is -0.657. The van der Waals surface area contributed by atoms with Crippen molar-refractivity contribution < 1.29 is 24.5 Å². The minimum Gasteiger partial charge on any atom is -0.438 e. The highest BCUT2D eigenvalue weighted by molar-refractivity contribution is 5.59. The molecule has 0 saturated heterocycles. The van der Waals surface area contributed by atoms with E-state index in [4.69, 9.17) is 10.2 Å². The second-order valence-corrected chi connectivity index (χ2v) is 1.11. The van der Waals surface area contributed by atoms with Crippen LogP contribution in [0.1, 0.15) is 0 Å². The Morgan fingerprint density at radius 3 is 0.850 bits per heavy atom. The first-order valence-electron chi connectivity index (χ1n) is 5.06. The summed E-state index contributed by atoms with van der Waals surface area (Å²) in [4.78, 5) is 9.74. The number of rotatable bonds is 1. The van der Waals surface area contributed by atoms with Crippen LogP contribution in [0, 0.1) is 0 Å². The summed E-state index contributed by atoms with van der Waals surface area (Å²) >= 11 is 0. The highest BCUT2D eigenvalue weighted by atomic mass is 16.7. The van der Waals surface area contributed by atoms with E-state index < -0.39 is 6.16 Å². The van der Waals surface area contributed by atoms with Gasteiger partial charge in [-0.3, -0.25) is 0 Å². The largest absolute Gasteiger partial charge is 0.507 e. The zero-order valence-electron chi connectivity index (χ0n) is 13.1. The molecule has 5 nitrogen and oxygen atoms in total. The molecule has 0 radical (unpaired) electrons. The van der Waals surface area contributed by atoms with E-state index >= 15 is 0 Å². The number of carbonyl (C=O) groups excluding carboxylic acids is 1. The molecule has 0 unspecified atom stereocenters. The van der Waals surface area contributed by atoms with Gasteiger partial charge in [0.25, 0.3) is 0 Å². The molecule has 0 aliphatic rings. The van der Waals surface area contributed by atoms with Crippen LogP contribution < -0.4 is 0 Å². The predicted molar refractivity (Wildman–Crippen MR) is 89.9 cm³/mol. The van der Waals surface area contributed by atoms with Crippen molar-refractivity contribution in [2.24, 2.45) is 0 Å². The second kappa shape index (κ2) is 178. The smallest absolute Gasteiger partial charge is 0.438 e. The molecule has 0 fully saturated rings. The lowest BCUT2D eigenvalue weighted by molar-refractivity contribution is 0.0924. The molecule has 0 amide bonds. The fourth-order valence-corrected chi connectivity index (χ4v) is 0.0833. The quantitative estimate of drug-likeness (QED) is 0.572. The Morgan fingerprint density at radius 2 is 0.850 bits per heavy atom. The van der Waals surface area contributed by atoms with Crippen molar-refractivity contribution in [1.29, 1.82) is 0 Å². The number of hydrogen-bond acceptors (Lipinski definition) is 5. The lowest BCUT2D eigenvalue weighted by atomic mass is 10.8. The van der Waals surface area contributed by atoms with Crippen molar-refractivity contribution >= 4 is 6.16 Å². The fraction of sp³-hybridized carbons (Fsp3) is 0.267. The SMILES string of the molecule is C=C.C=C.C=C.C=C.C=C.COC(=O)OC.OCCO. The summed E-state index contributed by atoms with van der Waals surface area (Å²) in [6, 6.07) is 0. The third-order valence-corrected chi connectivity index (χ3v) is 0.433. The second-order valence-electron chi connectivity index (χ2n) is 1.11. The Bertz CT molecular complexity index is 110. The summed E-state index contributed by atoms with van der Waals surface area (Å²) in [5, 5.41) is 15.2. The molecule has 0 rings (SSSR count). The van der Waals surface area contributed by atoms with Gasteiger partial charge in [-0.1, -0.05) is 0 Å². The van der Waals surface area contributed by atoms with Gasteiger partial charge in [0.05, 0.1) is 27.4 Å². The minimum absolute atomic E-state index is 0.125. The molecular weight excluding hydrogens is 260 g/mol. The van der Waals surface area contributed by atoms with Crippen LogP contribution >= 0.6 is 0 Å². The van der Waals surface area contributed by atoms with Crippen molar-refractivity contribution in [3.05, 3.63) is 65.8 Å². The van der Waals surface area contributed by atoms with Gasteiger partial charge >= 0.3 is 6.16 Å². The molecule has 0 aliphatic carbocycles. The molecule has 0 aromatic carbocycles. The molecule has 122 valence electrons. The first kappa shape index (κ1) is 43.0. The topological polar surface area (TPSA) is 76.0 Å². The summed E-state index contributed by atoms with van der Waals surface area (Å²) in [7, 11) is 2.51. The molecule has 5 heteroatoms. The fourth-order valence-electron chi connectivity index (χ4n) is 0.0833. The number of methoxy groups -OCH3 is 2. The van der Waals surface area contributed by atoms with Crippen LogP contribution in [0.25, 0.3) is 0 Å². The summed E-state index contributed by atoms with van der Waals surface area (Å²) in [6.45, 7) is 29.8. The highest BCUT2D eigenvalue weighted by Crippen LogP contribution is 1.72. The van der Waals surface area contributed by atoms with Gasteiger partial charge in [-0.15, -0.1) is 65.8 Å². The number of carbonyl (C=O) groups is 1. The summed E-state index contributed by atoms with van der Waals surface area (Å²) < 4.78 is 8.08. The van der Waals surface area contributed by atoms with Gasteiger partial charge in [0.1, 0.15) is 0 Å². The van der Waals surface area contributed by atoms with E-state index in [0.29, 0.717) is 0 Å². The molecule has 2 N–H and O–H groups in total. The molecule has 20 heavy (non-hydrogen) atoms. The van der Waals surface area contributed by atoms with E-state index in [0.717, 1.165) is 0 Å². The highest BCUT2D eigenvalue weighted by Gasteiger charge is 1.88. The van der Waals surface area contributed by atoms with Gasteiger partial charge in [0.15, 0.2) is 0 Å². The zero-order valence-corrected chi connectivity index (χ0v) is 13.1. The number of aliphatic hydroxyl groups excluding tert-OH is 2. The monoisotopic (exact) mass is 292 g/mol. The molecule has 0 aromatic rings. The normalized spacial score (nSPS) is 4.60. The van der Waals surface area contributed by atoms with Crippen LogP contribution in [0.5, 0.6) is 0 Å². The third-order valence-electron chi connectivity index (χ3n) is 0.433. The Kier molecular flexibility index (Phi) is 384. The molecule has 0 aliphatic heterocycles. The van der Waals surface area contributed by atoms with E-state index in [1.807, 2.05) is 0 Å². The Balaban J connectivity index is -0.0000000214. The predicted octanol–water partition coefficient (Wildman–Crippen LogP) is 3.38. The van der Waals surface area contributed by atoms with Crippen molar-refractivity contribution in [3.8, 4) is 0 Å². The lowest BCUT2D eigenvalue weighted by Gasteiger charge is -1.89. The molecule has 0 aromatic heterocycles. The first-order valence-corrected chi connectivity index (χ1v) is 5.06. The maximum atomic E-state index is 9.74. The van der Waals surface area contributed by atoms with Crippen LogP contribution in [-0.2, 0) is 9.47 Å². The van der Waals surface area contributed by atoms with E-state index in [1.165, 1.54) is 14.2 Å². The van der Waals surface area contributed by atoms with Crippen LogP contribution in [0.2, 0.25) is 0 Å². The van der Waals surface area contributed by atoms with Crippen LogP contribution in [0.15, 0.2) is 65.8 Å². The van der Waals surface area contributed by atoms with Crippen molar-refractivity contribution in [3.63, 3.8) is 0 Å². The Labute approximate surface area is 124 Å². The number of aliphatic hydroxyl groups is 2. The molecule has 0 heterocycles. The van der Waals surface area contributed by atoms with E-state index in [-0.39, 0.29) is 13.2 Å². The van der Waals surface area contributed by atoms with Crippen molar-refractivity contribution in [2.75, 3.05) is 27.4 Å². The Hall–Kier alpha value is -2.11. The van der Waals surface area contributed by atoms with Gasteiger partial charge in [0.2, 0.25) is 0 Å². The maximum absolute atomic E-state index is 9.74. The van der Waals surface area contributed by atoms with Crippen LogP contribution in [0.4, 0.5) is 4.79 Å². The average Bonchev–Trinajstić information content (AvgIpc) is 2.63. The summed E-state index contributed by atoms with van der Waals surface area (Å²) in [5.74, 6) is 0. The van der Waals surface area contributed by atoms with Gasteiger partial charge in [-0.05, 0) is 0 Å². The van der Waals surface area contributed by atoms with Crippen LogP contribution in [-0.4, -0.2) is 43.8 Å². The maximum Gasteiger partial charge on any atom is 0.507 e. The average molecular weight is 292 g/mol. The molecule has 0 saturated carbocycles. The molecule has 0 spiro atoms. The van der Waals surface area contributed by atoms with Gasteiger partial charge < -0.3 is 19.7 Å². The van der Waals surface area contributed by atoms with E-state index in [1.54, 1.807) is 0 Å². The number of hydrogen-bond donors (Lipinski definition) is 2. The van der Waals surface area contributed by atoms with E-state index in [9.17, 15) is 4.79 Å². The van der Waals surface area contributed by atoms with Gasteiger partial charge in [0, 0.05) is 0 Å². The standard InChI is InChI=1S/C3H6O3.C2H6O2.5C2H4/c1-5-3(4)6-2;3-1-2-4;5*1-2/h1-2H3;3-4H,1-2H2;5*1-2H2. The molecule has 0 bridgehead atoms. The van der Waals surface area contributed by atoms with Crippen molar-refractivity contribution in [1.82, 2.24) is 0 Å². The van der Waals surface area contributed by atoms with Gasteiger partial charge in [-0.2, -0.15) is 0 Å². The lowest BCUT2D eigenvalue weighted by Crippen LogP contribution is -1.97. The van der Waals surface area contributed by atoms with Gasteiger partial charge in [-0.25, -0.2) is 4.79 Å². The summed E-state index contributed by atoms with van der Waals surface area (Å²) in [5.41, 5.74) is 0. The number of ether oxygens (including phenoxy) is 2. The third kappa shape index (κ3) is 422. The zero-order chi connectivity index (χ0) is 18.4. The van der Waals surface area contributed by atoms with Crippen molar-refractivity contribution in [2.45, 2.75) is 0 Å². The van der Waals surface area contributed by atoms with E-state index in [2.05, 4.69) is 75.3 Å². The Morgan fingerprint density at radius 1 is 0.700 bits per heavy atom. The first-order chi connectivity index (χ1) is 9.72. The molecular formula is C15H32O5.